The molecule has 2 aromatic carbocycles. The van der Waals surface area contributed by atoms with E-state index in [1.807, 2.05) is 39.1 Å². The Hall–Kier alpha value is -2.22. The van der Waals surface area contributed by atoms with Crippen LogP contribution >= 0.6 is 0 Å². The first-order valence-electron chi connectivity index (χ1n) is 6.94. The average molecular weight is 269 g/mol. The van der Waals surface area contributed by atoms with E-state index in [9.17, 15) is 0 Å². The molecule has 2 N–H and O–H groups in total. The third-order valence-corrected chi connectivity index (χ3v) is 2.74. The molecule has 0 saturated carbocycles. The standard InChI is InChI=1S/C9H9N.C7H8O.C2H6/c1-7-2-3-8-4-5-10-9(8)6-7;1-6-2-4-7(8)5-3-6;1-2/h2-6,10H,1H3;2-5,8H,1H3;1-2H3. The lowest BCUT2D eigenvalue weighted by Gasteiger charge is -1.90. The highest BCUT2D eigenvalue weighted by molar-refractivity contribution is 5.79. The molecule has 0 amide bonds. The Kier molecular flexibility index (Phi) is 6.38. The molecule has 0 aliphatic carbocycles. The first kappa shape index (κ1) is 15.8. The van der Waals surface area contributed by atoms with Crippen molar-refractivity contribution in [1.29, 1.82) is 0 Å². The van der Waals surface area contributed by atoms with Gasteiger partial charge in [-0.2, -0.15) is 0 Å². The Morgan fingerprint density at radius 2 is 1.40 bits per heavy atom. The summed E-state index contributed by atoms with van der Waals surface area (Å²) in [7, 11) is 0. The predicted octanol–water partition coefficient (Wildman–Crippen LogP) is 5.20. The zero-order valence-corrected chi connectivity index (χ0v) is 12.6. The normalized spacial score (nSPS) is 9.20. The van der Waals surface area contributed by atoms with Crippen LogP contribution in [0, 0.1) is 13.8 Å². The summed E-state index contributed by atoms with van der Waals surface area (Å²) >= 11 is 0. The van der Waals surface area contributed by atoms with Crippen LogP contribution in [0.5, 0.6) is 5.75 Å². The van der Waals surface area contributed by atoms with Crippen molar-refractivity contribution in [3.05, 3.63) is 65.9 Å². The summed E-state index contributed by atoms with van der Waals surface area (Å²) in [5.41, 5.74) is 3.69. The minimum Gasteiger partial charge on any atom is -0.508 e. The van der Waals surface area contributed by atoms with Gasteiger partial charge in [0.15, 0.2) is 0 Å². The summed E-state index contributed by atoms with van der Waals surface area (Å²) in [5, 5.41) is 10.0. The number of hydrogen-bond acceptors (Lipinski definition) is 1. The monoisotopic (exact) mass is 269 g/mol. The Bertz CT molecular complexity index is 602. The summed E-state index contributed by atoms with van der Waals surface area (Å²) in [4.78, 5) is 3.16. The molecule has 0 bridgehead atoms. The Morgan fingerprint density at radius 3 is 2.00 bits per heavy atom. The van der Waals surface area contributed by atoms with Crippen molar-refractivity contribution in [3.63, 3.8) is 0 Å². The minimum absolute atomic E-state index is 0.329. The predicted molar refractivity (Wildman–Crippen MR) is 87.2 cm³/mol. The molecule has 0 atom stereocenters. The SMILES string of the molecule is CC.Cc1ccc(O)cc1.Cc1ccc2cc[nH]c2c1. The van der Waals surface area contributed by atoms with E-state index in [-0.39, 0.29) is 0 Å². The van der Waals surface area contributed by atoms with Gasteiger partial charge in [-0.05, 0) is 49.1 Å². The van der Waals surface area contributed by atoms with Crippen molar-refractivity contribution < 1.29 is 5.11 Å². The Balaban J connectivity index is 0.000000182. The molecule has 3 rings (SSSR count). The fourth-order valence-corrected chi connectivity index (χ4v) is 1.71. The quantitative estimate of drug-likeness (QED) is 0.578. The van der Waals surface area contributed by atoms with Crippen molar-refractivity contribution in [2.24, 2.45) is 0 Å². The maximum Gasteiger partial charge on any atom is 0.115 e. The zero-order valence-electron chi connectivity index (χ0n) is 12.6. The topological polar surface area (TPSA) is 36.0 Å². The molecule has 0 aliphatic rings. The molecular weight excluding hydrogens is 246 g/mol. The number of aromatic nitrogens is 1. The Labute approximate surface area is 121 Å². The van der Waals surface area contributed by atoms with Crippen molar-refractivity contribution in [1.82, 2.24) is 4.98 Å². The minimum atomic E-state index is 0.329. The number of fused-ring (bicyclic) bond motifs is 1. The molecule has 0 unspecified atom stereocenters. The van der Waals surface area contributed by atoms with Crippen LogP contribution in [-0.2, 0) is 0 Å². The number of aromatic amines is 1. The largest absolute Gasteiger partial charge is 0.508 e. The van der Waals surface area contributed by atoms with E-state index >= 15 is 0 Å². The average Bonchev–Trinajstić information content (AvgIpc) is 2.92. The van der Waals surface area contributed by atoms with Gasteiger partial charge in [0.25, 0.3) is 0 Å². The number of aryl methyl sites for hydroxylation is 2. The van der Waals surface area contributed by atoms with Gasteiger partial charge in [0, 0.05) is 11.7 Å². The second-order valence-corrected chi connectivity index (χ2v) is 4.40. The van der Waals surface area contributed by atoms with Crippen LogP contribution in [0.2, 0.25) is 0 Å². The van der Waals surface area contributed by atoms with Gasteiger partial charge in [-0.15, -0.1) is 0 Å². The van der Waals surface area contributed by atoms with E-state index in [2.05, 4.69) is 36.2 Å². The van der Waals surface area contributed by atoms with Gasteiger partial charge in [0.05, 0.1) is 0 Å². The number of nitrogens with one attached hydrogen (secondary N) is 1. The number of hydrogen-bond donors (Lipinski definition) is 2. The van der Waals surface area contributed by atoms with Crippen molar-refractivity contribution in [2.75, 3.05) is 0 Å². The number of benzene rings is 2. The van der Waals surface area contributed by atoms with Crippen LogP contribution in [-0.4, -0.2) is 10.1 Å². The number of H-pyrrole nitrogens is 1. The third-order valence-electron chi connectivity index (χ3n) is 2.74. The van der Waals surface area contributed by atoms with Gasteiger partial charge in [0.1, 0.15) is 5.75 Å². The molecule has 0 fully saturated rings. The first-order chi connectivity index (χ1) is 9.65. The smallest absolute Gasteiger partial charge is 0.115 e. The van der Waals surface area contributed by atoms with E-state index in [1.165, 1.54) is 22.0 Å². The fraction of sp³-hybridized carbons (Fsp3) is 0.222. The van der Waals surface area contributed by atoms with Gasteiger partial charge < -0.3 is 10.1 Å². The molecule has 3 aromatic rings. The van der Waals surface area contributed by atoms with E-state index < -0.39 is 0 Å². The molecule has 106 valence electrons. The van der Waals surface area contributed by atoms with Crippen LogP contribution in [0.25, 0.3) is 10.9 Å². The fourth-order valence-electron chi connectivity index (χ4n) is 1.71. The molecule has 1 aromatic heterocycles. The highest BCUT2D eigenvalue weighted by Gasteiger charge is 1.91. The molecule has 0 aliphatic heterocycles. The number of phenols is 1. The van der Waals surface area contributed by atoms with Gasteiger partial charge in [-0.25, -0.2) is 0 Å². The van der Waals surface area contributed by atoms with E-state index in [4.69, 9.17) is 5.11 Å². The summed E-state index contributed by atoms with van der Waals surface area (Å²) in [5.74, 6) is 0.329. The van der Waals surface area contributed by atoms with E-state index in [1.54, 1.807) is 12.1 Å². The van der Waals surface area contributed by atoms with Crippen molar-refractivity contribution in [2.45, 2.75) is 27.7 Å². The van der Waals surface area contributed by atoms with Gasteiger partial charge in [0.2, 0.25) is 0 Å². The molecule has 0 spiro atoms. The highest BCUT2D eigenvalue weighted by Crippen LogP contribution is 2.12. The zero-order chi connectivity index (χ0) is 15.0. The highest BCUT2D eigenvalue weighted by atomic mass is 16.3. The molecule has 2 heteroatoms. The van der Waals surface area contributed by atoms with Crippen LogP contribution in [0.1, 0.15) is 25.0 Å². The number of aromatic hydroxyl groups is 1. The van der Waals surface area contributed by atoms with Gasteiger partial charge in [-0.1, -0.05) is 43.7 Å². The summed E-state index contributed by atoms with van der Waals surface area (Å²) in [6.45, 7) is 8.08. The lowest BCUT2D eigenvalue weighted by atomic mass is 10.2. The summed E-state index contributed by atoms with van der Waals surface area (Å²) < 4.78 is 0. The van der Waals surface area contributed by atoms with Gasteiger partial charge in [-0.3, -0.25) is 0 Å². The van der Waals surface area contributed by atoms with Crippen LogP contribution in [0.15, 0.2) is 54.7 Å². The Morgan fingerprint density at radius 1 is 0.800 bits per heavy atom. The lowest BCUT2D eigenvalue weighted by molar-refractivity contribution is 0.475. The van der Waals surface area contributed by atoms with Crippen LogP contribution < -0.4 is 0 Å². The third kappa shape index (κ3) is 4.81. The van der Waals surface area contributed by atoms with Crippen molar-refractivity contribution in [3.8, 4) is 5.75 Å². The van der Waals surface area contributed by atoms with E-state index in [0.717, 1.165) is 0 Å². The van der Waals surface area contributed by atoms with Crippen LogP contribution in [0.4, 0.5) is 0 Å². The first-order valence-corrected chi connectivity index (χ1v) is 6.94. The summed E-state index contributed by atoms with van der Waals surface area (Å²) in [6, 6.07) is 15.6. The van der Waals surface area contributed by atoms with Gasteiger partial charge >= 0.3 is 0 Å². The molecule has 20 heavy (non-hydrogen) atoms. The summed E-state index contributed by atoms with van der Waals surface area (Å²) in [6.07, 6.45) is 1.96. The molecule has 2 nitrogen and oxygen atoms in total. The van der Waals surface area contributed by atoms with E-state index in [0.29, 0.717) is 5.75 Å². The number of phenolic OH excluding ortho intramolecular Hbond substituents is 1. The maximum atomic E-state index is 8.76. The number of rotatable bonds is 0. The van der Waals surface area contributed by atoms with Crippen LogP contribution in [0.3, 0.4) is 0 Å². The lowest BCUT2D eigenvalue weighted by Crippen LogP contribution is -1.70. The molecule has 0 saturated heterocycles. The maximum absolute atomic E-state index is 8.76. The van der Waals surface area contributed by atoms with Crippen molar-refractivity contribution >= 4 is 10.9 Å². The molecular formula is C18H23NO. The molecule has 1 heterocycles. The second-order valence-electron chi connectivity index (χ2n) is 4.40. The second kappa shape index (κ2) is 8.05. The molecule has 0 radical (unpaired) electrons.